The SMILES string of the molecule is O=S(=O)(O)c1ccc2cc3nn(-c4ccc(/C=C/c5ccc(-n6nc7cc8ccc(S(=O)(=O)O)cc8cc7n6)cc5S(=O)(=O)O)c(S(=O)(=O)O)c4)nc3cc2c1.[Na+]. The number of benzene rings is 6. The van der Waals surface area contributed by atoms with E-state index in [1.807, 2.05) is 0 Å². The van der Waals surface area contributed by atoms with E-state index in [0.717, 1.165) is 21.7 Å². The molecule has 0 saturated heterocycles. The van der Waals surface area contributed by atoms with Gasteiger partial charge in [0.15, 0.2) is 0 Å². The van der Waals surface area contributed by atoms with Crippen molar-refractivity contribution in [1.29, 1.82) is 0 Å². The Morgan fingerprint density at radius 1 is 0.404 bits per heavy atom. The van der Waals surface area contributed by atoms with Gasteiger partial charge in [-0.25, -0.2) is 0 Å². The van der Waals surface area contributed by atoms with Crippen LogP contribution in [0.5, 0.6) is 0 Å². The van der Waals surface area contributed by atoms with Crippen LogP contribution in [0.15, 0.2) is 117 Å². The number of fused-ring (bicyclic) bond motifs is 4. The van der Waals surface area contributed by atoms with E-state index in [1.165, 1.54) is 84.9 Å². The van der Waals surface area contributed by atoms with Gasteiger partial charge in [0.2, 0.25) is 0 Å². The minimum absolute atomic E-state index is 0. The van der Waals surface area contributed by atoms with Gasteiger partial charge in [0.05, 0.1) is 21.2 Å². The van der Waals surface area contributed by atoms with Gasteiger partial charge in [-0.3, -0.25) is 18.2 Å². The van der Waals surface area contributed by atoms with E-state index in [1.54, 1.807) is 12.1 Å². The van der Waals surface area contributed by atoms with Crippen LogP contribution in [-0.2, 0) is 40.5 Å². The molecule has 8 rings (SSSR count). The molecule has 0 atom stereocenters. The average molecular weight is 858 g/mol. The molecule has 0 unspecified atom stereocenters. The molecule has 0 aliphatic carbocycles. The number of hydrogen-bond acceptors (Lipinski definition) is 12. The molecule has 2 aromatic heterocycles. The summed E-state index contributed by atoms with van der Waals surface area (Å²) in [6, 6.07) is 21.8. The summed E-state index contributed by atoms with van der Waals surface area (Å²) in [7, 11) is -18.7. The third kappa shape index (κ3) is 7.97. The van der Waals surface area contributed by atoms with Crippen LogP contribution in [0.2, 0.25) is 0 Å². The predicted octanol–water partition coefficient (Wildman–Crippen LogP) is 1.62. The van der Waals surface area contributed by atoms with Gasteiger partial charge in [0.25, 0.3) is 40.5 Å². The van der Waals surface area contributed by atoms with E-state index in [-0.39, 0.29) is 61.8 Å². The number of aromatic nitrogens is 6. The molecular weight excluding hydrogens is 836 g/mol. The van der Waals surface area contributed by atoms with E-state index in [2.05, 4.69) is 20.4 Å². The maximum Gasteiger partial charge on any atom is 1.00 e. The Bertz CT molecular complexity index is 3270. The van der Waals surface area contributed by atoms with Crippen LogP contribution in [0.3, 0.4) is 0 Å². The predicted molar refractivity (Wildman–Crippen MR) is 201 cm³/mol. The second kappa shape index (κ2) is 14.1. The summed E-state index contributed by atoms with van der Waals surface area (Å²) >= 11 is 0. The van der Waals surface area contributed by atoms with Gasteiger partial charge in [-0.2, -0.15) is 43.3 Å². The summed E-state index contributed by atoms with van der Waals surface area (Å²) in [5.74, 6) is 0. The van der Waals surface area contributed by atoms with Crippen molar-refractivity contribution in [2.75, 3.05) is 0 Å². The van der Waals surface area contributed by atoms with Gasteiger partial charge in [0.1, 0.15) is 31.9 Å². The summed E-state index contributed by atoms with van der Waals surface area (Å²) < 4.78 is 136. The first-order chi connectivity index (χ1) is 26.2. The molecule has 6 aromatic carbocycles. The standard InChI is InChI=1S/C34H22N6O12S4.Na/c41-53(42,43)27-9-5-21-13-29-31(15-23(21)11-27)37-39(35-29)25-7-3-19(33(17-25)55(47,48)49)1-2-20-4-8-26(18-34(20)56(50,51)52)40-36-30-14-22-6-10-28(54(44,45)46)12-24(22)16-32(30)38-40;/h1-18H,(H,41,42,43)(H,44,45,46)(H,47,48,49)(H,50,51,52);/q;+1/b2-1+;. The number of rotatable bonds is 8. The summed E-state index contributed by atoms with van der Waals surface area (Å²) in [6.07, 6.45) is 2.41. The van der Waals surface area contributed by atoms with Crippen LogP contribution < -0.4 is 29.6 Å². The topological polar surface area (TPSA) is 279 Å². The van der Waals surface area contributed by atoms with Crippen LogP contribution in [0.1, 0.15) is 11.1 Å². The van der Waals surface area contributed by atoms with Crippen molar-refractivity contribution >= 4 is 96.2 Å². The third-order valence-corrected chi connectivity index (χ3v) is 12.2. The molecule has 0 bridgehead atoms. The maximum absolute atomic E-state index is 12.5. The van der Waals surface area contributed by atoms with Gasteiger partial charge in [-0.05, 0) is 105 Å². The smallest absolute Gasteiger partial charge is 0.282 e. The molecule has 57 heavy (non-hydrogen) atoms. The number of hydrogen-bond donors (Lipinski definition) is 4. The number of nitrogens with zero attached hydrogens (tertiary/aromatic N) is 6. The van der Waals surface area contributed by atoms with Gasteiger partial charge in [-0.15, -0.1) is 20.4 Å². The first-order valence-electron chi connectivity index (χ1n) is 15.7. The fourth-order valence-electron chi connectivity index (χ4n) is 6.03. The molecule has 23 heteroatoms. The first-order valence-corrected chi connectivity index (χ1v) is 21.5. The van der Waals surface area contributed by atoms with Crippen LogP contribution in [0, 0.1) is 0 Å². The van der Waals surface area contributed by atoms with Crippen LogP contribution in [0.25, 0.3) is 67.1 Å². The van der Waals surface area contributed by atoms with E-state index >= 15 is 0 Å². The molecule has 0 fully saturated rings. The molecule has 0 spiro atoms. The molecule has 0 radical (unpaired) electrons. The van der Waals surface area contributed by atoms with Crippen molar-refractivity contribution < 1.29 is 81.4 Å². The van der Waals surface area contributed by atoms with Crippen LogP contribution >= 0.6 is 0 Å². The third-order valence-electron chi connectivity index (χ3n) is 8.67. The minimum atomic E-state index is -4.90. The zero-order valence-electron chi connectivity index (χ0n) is 28.8. The van der Waals surface area contributed by atoms with Gasteiger partial charge in [-0.1, -0.05) is 36.4 Å². The van der Waals surface area contributed by atoms with Gasteiger partial charge in [0, 0.05) is 0 Å². The van der Waals surface area contributed by atoms with Gasteiger partial charge < -0.3 is 0 Å². The van der Waals surface area contributed by atoms with Crippen LogP contribution in [0.4, 0.5) is 0 Å². The largest absolute Gasteiger partial charge is 1.00 e. The Morgan fingerprint density at radius 2 is 0.737 bits per heavy atom. The minimum Gasteiger partial charge on any atom is -0.282 e. The fraction of sp³-hybridized carbons (Fsp3) is 0. The molecule has 0 saturated carbocycles. The Labute approximate surface area is 344 Å². The Balaban J connectivity index is 0.00000496. The summed E-state index contributed by atoms with van der Waals surface area (Å²) in [6.45, 7) is 0. The van der Waals surface area contributed by atoms with Crippen molar-refractivity contribution in [2.45, 2.75) is 19.6 Å². The van der Waals surface area contributed by atoms with E-state index in [0.29, 0.717) is 43.6 Å². The maximum atomic E-state index is 12.5. The average Bonchev–Trinajstić information content (AvgIpc) is 3.73. The van der Waals surface area contributed by atoms with E-state index in [9.17, 15) is 51.9 Å². The summed E-state index contributed by atoms with van der Waals surface area (Å²) in [4.78, 5) is 0.359. The quantitative estimate of drug-likeness (QED) is 0.0960. The molecule has 18 nitrogen and oxygen atoms in total. The molecule has 284 valence electrons. The van der Waals surface area contributed by atoms with E-state index in [4.69, 9.17) is 0 Å². The molecule has 0 aliphatic heterocycles. The van der Waals surface area contributed by atoms with Crippen molar-refractivity contribution in [2.24, 2.45) is 0 Å². The summed E-state index contributed by atoms with van der Waals surface area (Å²) in [5.41, 5.74) is 1.35. The Hall–Kier alpha value is -4.98. The summed E-state index contributed by atoms with van der Waals surface area (Å²) in [5, 5.41) is 19.4. The van der Waals surface area contributed by atoms with Crippen molar-refractivity contribution in [3.8, 4) is 11.4 Å². The van der Waals surface area contributed by atoms with Crippen LogP contribution in [-0.4, -0.2) is 81.9 Å². The molecule has 0 amide bonds. The Morgan fingerprint density at radius 3 is 1.05 bits per heavy atom. The van der Waals surface area contributed by atoms with Crippen molar-refractivity contribution in [3.63, 3.8) is 0 Å². The molecule has 0 aliphatic rings. The fourth-order valence-corrected chi connectivity index (χ4v) is 8.46. The molecule has 2 heterocycles. The second-order valence-corrected chi connectivity index (χ2v) is 18.0. The normalized spacial score (nSPS) is 12.9. The Kier molecular flexibility index (Phi) is 9.98. The second-order valence-electron chi connectivity index (χ2n) is 12.4. The zero-order chi connectivity index (χ0) is 39.9. The molecule has 4 N–H and O–H groups in total. The van der Waals surface area contributed by atoms with Crippen molar-refractivity contribution in [1.82, 2.24) is 30.0 Å². The molecule has 8 aromatic rings. The monoisotopic (exact) mass is 857 g/mol. The van der Waals surface area contributed by atoms with Gasteiger partial charge >= 0.3 is 29.6 Å². The zero-order valence-corrected chi connectivity index (χ0v) is 34.0. The first kappa shape index (κ1) is 40.2. The van der Waals surface area contributed by atoms with Crippen molar-refractivity contribution in [3.05, 3.63) is 108 Å². The van der Waals surface area contributed by atoms with E-state index < -0.39 is 50.3 Å². The molecular formula is C34H22N6NaO12S4+.